The Morgan fingerprint density at radius 2 is 1.78 bits per heavy atom. The second-order valence-electron chi connectivity index (χ2n) is 8.75. The minimum atomic E-state index is -0.0646. The third kappa shape index (κ3) is 5.46. The normalized spacial score (nSPS) is 19.6. The Bertz CT molecular complexity index is 912. The summed E-state index contributed by atoms with van der Waals surface area (Å²) in [6.45, 7) is 5.18. The van der Waals surface area contributed by atoms with Crippen molar-refractivity contribution in [2.75, 3.05) is 51.2 Å². The van der Waals surface area contributed by atoms with Crippen LogP contribution >= 0.6 is 0 Å². The van der Waals surface area contributed by atoms with Crippen molar-refractivity contribution < 1.29 is 9.59 Å². The maximum atomic E-state index is 13.4. The zero-order valence-corrected chi connectivity index (χ0v) is 18.9. The van der Waals surface area contributed by atoms with Crippen molar-refractivity contribution in [3.8, 4) is 0 Å². The first-order chi connectivity index (χ1) is 15.6. The molecule has 2 saturated heterocycles. The zero-order chi connectivity index (χ0) is 22.3. The second-order valence-corrected chi connectivity index (χ2v) is 8.75. The van der Waals surface area contributed by atoms with E-state index in [0.717, 1.165) is 64.2 Å². The molecule has 2 fully saturated rings. The minimum absolute atomic E-state index is 0.0646. The molecule has 0 bridgehead atoms. The lowest BCUT2D eigenvalue weighted by atomic mass is 9.98. The molecule has 0 aliphatic carbocycles. The largest absolute Gasteiger partial charge is 0.354 e. The Morgan fingerprint density at radius 1 is 1.00 bits per heavy atom. The number of rotatable bonds is 6. The van der Waals surface area contributed by atoms with E-state index < -0.39 is 0 Å². The van der Waals surface area contributed by atoms with Crippen LogP contribution in [0.4, 0.5) is 5.82 Å². The van der Waals surface area contributed by atoms with Crippen LogP contribution in [0.5, 0.6) is 0 Å². The number of likely N-dealkylation sites (N-methyl/N-ethyl adjacent to an activating group) is 1. The van der Waals surface area contributed by atoms with Crippen molar-refractivity contribution >= 4 is 17.6 Å². The number of likely N-dealkylation sites (tertiary alicyclic amines) is 1. The van der Waals surface area contributed by atoms with Crippen molar-refractivity contribution in [1.29, 1.82) is 0 Å². The number of anilines is 1. The summed E-state index contributed by atoms with van der Waals surface area (Å²) in [6.07, 6.45) is 5.63. The molecule has 0 spiro atoms. The lowest BCUT2D eigenvalue weighted by Gasteiger charge is -2.36. The summed E-state index contributed by atoms with van der Waals surface area (Å²) in [5.41, 5.74) is 1.37. The van der Waals surface area contributed by atoms with Crippen LogP contribution in [-0.4, -0.2) is 79.0 Å². The van der Waals surface area contributed by atoms with Crippen LogP contribution in [0.2, 0.25) is 0 Å². The number of hydrogen-bond acceptors (Lipinski definition) is 5. The highest BCUT2D eigenvalue weighted by atomic mass is 16.2. The number of aromatic nitrogens is 1. The molecule has 1 N–H and O–H groups in total. The van der Waals surface area contributed by atoms with E-state index in [9.17, 15) is 9.59 Å². The van der Waals surface area contributed by atoms with Gasteiger partial charge in [0.2, 0.25) is 0 Å². The van der Waals surface area contributed by atoms with Gasteiger partial charge < -0.3 is 20.0 Å². The van der Waals surface area contributed by atoms with Gasteiger partial charge in [-0.3, -0.25) is 9.59 Å². The third-order valence-corrected chi connectivity index (χ3v) is 6.51. The number of benzene rings is 1. The summed E-state index contributed by atoms with van der Waals surface area (Å²) in [4.78, 5) is 36.8. The fourth-order valence-corrected chi connectivity index (χ4v) is 4.54. The van der Waals surface area contributed by atoms with Crippen molar-refractivity contribution in [1.82, 2.24) is 20.1 Å². The minimum Gasteiger partial charge on any atom is -0.354 e. The molecular formula is C25H33N5O2. The van der Waals surface area contributed by atoms with Crippen molar-refractivity contribution in [3.63, 3.8) is 0 Å². The van der Waals surface area contributed by atoms with Crippen molar-refractivity contribution in [2.24, 2.45) is 0 Å². The summed E-state index contributed by atoms with van der Waals surface area (Å²) in [7, 11) is 2.13. The summed E-state index contributed by atoms with van der Waals surface area (Å²) < 4.78 is 0. The van der Waals surface area contributed by atoms with Gasteiger partial charge in [-0.2, -0.15) is 0 Å². The number of piperazine rings is 1. The lowest BCUT2D eigenvalue weighted by molar-refractivity contribution is 0.0601. The van der Waals surface area contributed by atoms with E-state index in [1.165, 1.54) is 0 Å². The molecular weight excluding hydrogens is 402 g/mol. The van der Waals surface area contributed by atoms with Gasteiger partial charge >= 0.3 is 0 Å². The summed E-state index contributed by atoms with van der Waals surface area (Å²) in [5, 5.41) is 3.00. The molecule has 4 rings (SSSR count). The first-order valence-corrected chi connectivity index (χ1v) is 11.7. The molecule has 1 atom stereocenters. The topological polar surface area (TPSA) is 68.8 Å². The van der Waals surface area contributed by atoms with Crippen LogP contribution < -0.4 is 10.2 Å². The van der Waals surface area contributed by atoms with Gasteiger partial charge in [0.25, 0.3) is 11.8 Å². The van der Waals surface area contributed by atoms with Crippen LogP contribution in [0.1, 0.15) is 46.4 Å². The van der Waals surface area contributed by atoms with E-state index in [0.29, 0.717) is 17.7 Å². The van der Waals surface area contributed by atoms with Gasteiger partial charge in [-0.05, 0) is 57.0 Å². The van der Waals surface area contributed by atoms with Gasteiger partial charge in [0.1, 0.15) is 5.82 Å². The standard InChI is InChI=1S/C25H33N5O2/c1-28-15-17-29(18-16-28)23-19-21(10-12-26-23)25(32)30-14-6-5-9-22(30)11-13-27-24(31)20-7-3-2-4-8-20/h2-4,7-8,10,12,19,22H,5-6,9,11,13-18H2,1H3,(H,27,31). The van der Waals surface area contributed by atoms with E-state index in [2.05, 4.69) is 27.1 Å². The maximum absolute atomic E-state index is 13.4. The Balaban J connectivity index is 1.37. The van der Waals surface area contributed by atoms with Crippen LogP contribution in [0.25, 0.3) is 0 Å². The van der Waals surface area contributed by atoms with Gasteiger partial charge in [0.15, 0.2) is 0 Å². The van der Waals surface area contributed by atoms with E-state index in [-0.39, 0.29) is 17.9 Å². The monoisotopic (exact) mass is 435 g/mol. The molecule has 2 aromatic rings. The number of nitrogens with one attached hydrogen (secondary N) is 1. The fraction of sp³-hybridized carbons (Fsp3) is 0.480. The van der Waals surface area contributed by atoms with E-state index in [1.54, 1.807) is 6.20 Å². The van der Waals surface area contributed by atoms with Crippen LogP contribution in [-0.2, 0) is 0 Å². The van der Waals surface area contributed by atoms with E-state index in [1.807, 2.05) is 47.4 Å². The molecule has 2 aliphatic heterocycles. The summed E-state index contributed by atoms with van der Waals surface area (Å²) >= 11 is 0. The molecule has 2 aliphatic rings. The van der Waals surface area contributed by atoms with E-state index >= 15 is 0 Å². The Morgan fingerprint density at radius 3 is 2.56 bits per heavy atom. The number of nitrogens with zero attached hydrogens (tertiary/aromatic N) is 4. The number of carbonyl (C=O) groups excluding carboxylic acids is 2. The van der Waals surface area contributed by atoms with Gasteiger partial charge in [0, 0.05) is 62.6 Å². The Hall–Kier alpha value is -2.93. The zero-order valence-electron chi connectivity index (χ0n) is 18.9. The van der Waals surface area contributed by atoms with Gasteiger partial charge in [-0.1, -0.05) is 18.2 Å². The molecule has 1 unspecified atom stereocenters. The molecule has 7 heteroatoms. The van der Waals surface area contributed by atoms with Crippen molar-refractivity contribution in [2.45, 2.75) is 31.7 Å². The van der Waals surface area contributed by atoms with Gasteiger partial charge in [0.05, 0.1) is 0 Å². The highest BCUT2D eigenvalue weighted by Crippen LogP contribution is 2.23. The Labute approximate surface area is 190 Å². The van der Waals surface area contributed by atoms with Gasteiger partial charge in [-0.15, -0.1) is 0 Å². The first-order valence-electron chi connectivity index (χ1n) is 11.7. The quantitative estimate of drug-likeness (QED) is 0.756. The van der Waals surface area contributed by atoms with Crippen LogP contribution in [0, 0.1) is 0 Å². The fourth-order valence-electron chi connectivity index (χ4n) is 4.54. The summed E-state index contributed by atoms with van der Waals surface area (Å²) in [6, 6.07) is 13.2. The molecule has 1 aromatic carbocycles. The Kier molecular flexibility index (Phi) is 7.37. The van der Waals surface area contributed by atoms with E-state index in [4.69, 9.17) is 0 Å². The molecule has 2 amide bonds. The SMILES string of the molecule is CN1CCN(c2cc(C(=O)N3CCCCC3CCNC(=O)c3ccccc3)ccn2)CC1. The van der Waals surface area contributed by atoms with Crippen molar-refractivity contribution in [3.05, 3.63) is 59.8 Å². The molecule has 170 valence electrons. The second kappa shape index (κ2) is 10.6. The molecule has 0 saturated carbocycles. The number of hydrogen-bond donors (Lipinski definition) is 1. The first kappa shape index (κ1) is 22.3. The highest BCUT2D eigenvalue weighted by Gasteiger charge is 2.28. The smallest absolute Gasteiger partial charge is 0.254 e. The number of amides is 2. The number of piperidine rings is 1. The predicted octanol–water partition coefficient (Wildman–Crippen LogP) is 2.65. The molecule has 32 heavy (non-hydrogen) atoms. The number of carbonyl (C=O) groups is 2. The van der Waals surface area contributed by atoms with Crippen LogP contribution in [0.15, 0.2) is 48.7 Å². The number of pyridine rings is 1. The molecule has 7 nitrogen and oxygen atoms in total. The third-order valence-electron chi connectivity index (χ3n) is 6.51. The lowest BCUT2D eigenvalue weighted by Crippen LogP contribution is -2.46. The average Bonchev–Trinajstić information content (AvgIpc) is 2.85. The highest BCUT2D eigenvalue weighted by molar-refractivity contribution is 5.95. The molecule has 1 aromatic heterocycles. The molecule has 3 heterocycles. The van der Waals surface area contributed by atoms with Gasteiger partial charge in [-0.25, -0.2) is 4.98 Å². The summed E-state index contributed by atoms with van der Waals surface area (Å²) in [5.74, 6) is 0.889. The predicted molar refractivity (Wildman–Crippen MR) is 126 cm³/mol. The van der Waals surface area contributed by atoms with Crippen LogP contribution in [0.3, 0.4) is 0 Å². The maximum Gasteiger partial charge on any atom is 0.254 e. The average molecular weight is 436 g/mol. The molecule has 0 radical (unpaired) electrons.